The van der Waals surface area contributed by atoms with E-state index >= 15 is 0 Å². The fraction of sp³-hybridized carbons (Fsp3) is 0.429. The second-order valence-electron chi connectivity index (χ2n) is 7.23. The highest BCUT2D eigenvalue weighted by atomic mass is 35.5. The highest BCUT2D eigenvalue weighted by Crippen LogP contribution is 2.33. The van der Waals surface area contributed by atoms with Crippen molar-refractivity contribution in [1.29, 1.82) is 0 Å². The molecule has 1 heterocycles. The van der Waals surface area contributed by atoms with Gasteiger partial charge < -0.3 is 10.6 Å². The third-order valence-corrected chi connectivity index (χ3v) is 5.61. The van der Waals surface area contributed by atoms with Crippen molar-refractivity contribution in [2.24, 2.45) is 0 Å². The average Bonchev–Trinajstić information content (AvgIpc) is 2.96. The summed E-state index contributed by atoms with van der Waals surface area (Å²) in [5.74, 6) is -0.838. The minimum Gasteiger partial charge on any atom is -0.353 e. The lowest BCUT2D eigenvalue weighted by Gasteiger charge is -2.20. The topological polar surface area (TPSA) is 98.8 Å². The van der Waals surface area contributed by atoms with Gasteiger partial charge in [0, 0.05) is 24.2 Å². The lowest BCUT2D eigenvalue weighted by atomic mass is 10.2. The Morgan fingerprint density at radius 3 is 2.52 bits per heavy atom. The van der Waals surface area contributed by atoms with Crippen LogP contribution < -0.4 is 10.6 Å². The largest absolute Gasteiger partial charge is 0.353 e. The van der Waals surface area contributed by atoms with E-state index in [1.54, 1.807) is 35.2 Å². The van der Waals surface area contributed by atoms with Crippen molar-refractivity contribution < 1.29 is 19.2 Å². The molecule has 1 aromatic carbocycles. The van der Waals surface area contributed by atoms with E-state index in [-0.39, 0.29) is 48.9 Å². The van der Waals surface area contributed by atoms with E-state index in [1.165, 1.54) is 0 Å². The first-order valence-corrected chi connectivity index (χ1v) is 11.2. The molecule has 0 saturated carbocycles. The van der Waals surface area contributed by atoms with E-state index in [4.69, 9.17) is 11.6 Å². The zero-order valence-corrected chi connectivity index (χ0v) is 19.4. The quantitative estimate of drug-likeness (QED) is 0.513. The van der Waals surface area contributed by atoms with Gasteiger partial charge in [0.2, 0.25) is 11.8 Å². The molecule has 0 unspecified atom stereocenters. The molecule has 1 saturated heterocycles. The van der Waals surface area contributed by atoms with Gasteiger partial charge in [0.25, 0.3) is 11.1 Å². The van der Waals surface area contributed by atoms with Crippen LogP contribution in [-0.4, -0.2) is 71.5 Å². The van der Waals surface area contributed by atoms with Crippen LogP contribution in [0.4, 0.5) is 4.79 Å². The van der Waals surface area contributed by atoms with Gasteiger partial charge in [-0.3, -0.25) is 29.0 Å². The van der Waals surface area contributed by atoms with Crippen molar-refractivity contribution in [3.8, 4) is 0 Å². The van der Waals surface area contributed by atoms with Crippen LogP contribution >= 0.6 is 23.4 Å². The summed E-state index contributed by atoms with van der Waals surface area (Å²) < 4.78 is 0. The van der Waals surface area contributed by atoms with E-state index in [9.17, 15) is 19.2 Å². The Morgan fingerprint density at radius 2 is 1.87 bits per heavy atom. The summed E-state index contributed by atoms with van der Waals surface area (Å²) in [6.07, 6.45) is 1.59. The second kappa shape index (κ2) is 11.9. The van der Waals surface area contributed by atoms with E-state index in [2.05, 4.69) is 10.6 Å². The minimum atomic E-state index is -0.412. The molecule has 2 N–H and O–H groups in total. The molecule has 0 aliphatic carbocycles. The number of hydrogen-bond acceptors (Lipinski definition) is 6. The lowest BCUT2D eigenvalue weighted by Crippen LogP contribution is -2.45. The van der Waals surface area contributed by atoms with E-state index in [1.807, 2.05) is 20.8 Å². The number of carbonyl (C=O) groups is 4. The van der Waals surface area contributed by atoms with Crippen LogP contribution in [0.1, 0.15) is 26.3 Å². The molecule has 1 aromatic rings. The maximum Gasteiger partial charge on any atom is 0.293 e. The Balaban J connectivity index is 1.84. The highest BCUT2D eigenvalue weighted by Gasteiger charge is 2.34. The van der Waals surface area contributed by atoms with Crippen molar-refractivity contribution >= 4 is 52.4 Å². The monoisotopic (exact) mass is 466 g/mol. The van der Waals surface area contributed by atoms with Crippen LogP contribution in [0.5, 0.6) is 0 Å². The predicted octanol–water partition coefficient (Wildman–Crippen LogP) is 2.34. The van der Waals surface area contributed by atoms with Crippen LogP contribution in [0.2, 0.25) is 5.02 Å². The van der Waals surface area contributed by atoms with Gasteiger partial charge in [-0.05, 0) is 49.9 Å². The van der Waals surface area contributed by atoms with Gasteiger partial charge in [0.1, 0.15) is 0 Å². The third-order valence-electron chi connectivity index (χ3n) is 4.35. The van der Waals surface area contributed by atoms with E-state index in [0.717, 1.165) is 16.7 Å². The lowest BCUT2D eigenvalue weighted by molar-refractivity contribution is -0.126. The van der Waals surface area contributed by atoms with Crippen LogP contribution in [0, 0.1) is 0 Å². The van der Waals surface area contributed by atoms with Crippen LogP contribution in [0.15, 0.2) is 29.2 Å². The molecule has 0 atom stereocenters. The third kappa shape index (κ3) is 7.68. The molecule has 0 spiro atoms. The number of imide groups is 1. The Morgan fingerprint density at radius 1 is 1.19 bits per heavy atom. The molecule has 10 heteroatoms. The second-order valence-corrected chi connectivity index (χ2v) is 8.63. The first-order valence-electron chi connectivity index (χ1n) is 9.99. The van der Waals surface area contributed by atoms with Gasteiger partial charge in [-0.15, -0.1) is 0 Å². The number of rotatable bonds is 10. The molecule has 1 fully saturated rings. The number of likely N-dealkylation sites (N-methyl/N-ethyl adjacent to an activating group) is 1. The minimum absolute atomic E-state index is 0.0327. The van der Waals surface area contributed by atoms with Crippen LogP contribution in [-0.2, 0) is 14.4 Å². The summed E-state index contributed by atoms with van der Waals surface area (Å²) >= 11 is 6.96. The Bertz CT molecular complexity index is 875. The predicted molar refractivity (Wildman–Crippen MR) is 123 cm³/mol. The molecule has 168 valence electrons. The van der Waals surface area contributed by atoms with Gasteiger partial charge in [-0.2, -0.15) is 0 Å². The Labute approximate surface area is 191 Å². The molecule has 2 rings (SSSR count). The molecule has 8 nitrogen and oxygen atoms in total. The van der Waals surface area contributed by atoms with E-state index < -0.39 is 11.1 Å². The smallest absolute Gasteiger partial charge is 0.293 e. The number of hydrogen-bond donors (Lipinski definition) is 2. The summed E-state index contributed by atoms with van der Waals surface area (Å²) in [4.78, 5) is 51.9. The maximum absolute atomic E-state index is 12.5. The molecule has 0 aromatic heterocycles. The summed E-state index contributed by atoms with van der Waals surface area (Å²) in [7, 11) is 0. The Kier molecular flexibility index (Phi) is 9.54. The van der Waals surface area contributed by atoms with Crippen molar-refractivity contribution in [2.75, 3.05) is 32.7 Å². The summed E-state index contributed by atoms with van der Waals surface area (Å²) in [6.45, 7) is 6.51. The first kappa shape index (κ1) is 24.9. The number of benzene rings is 1. The normalized spacial score (nSPS) is 15.3. The number of thioether (sulfide) groups is 1. The molecular weight excluding hydrogens is 440 g/mol. The zero-order chi connectivity index (χ0) is 23.0. The summed E-state index contributed by atoms with van der Waals surface area (Å²) in [6, 6.07) is 7.08. The molecular formula is C21H27ClN4O4S. The zero-order valence-electron chi connectivity index (χ0n) is 17.8. The molecule has 0 bridgehead atoms. The number of nitrogens with one attached hydrogen (secondary N) is 2. The molecule has 1 aliphatic rings. The number of halogens is 1. The molecule has 0 radical (unpaired) electrons. The molecule has 1 aliphatic heterocycles. The van der Waals surface area contributed by atoms with Crippen molar-refractivity contribution in [3.05, 3.63) is 39.8 Å². The maximum atomic E-state index is 12.5. The number of amides is 4. The van der Waals surface area contributed by atoms with Gasteiger partial charge in [-0.1, -0.05) is 36.7 Å². The molecule has 31 heavy (non-hydrogen) atoms. The number of nitrogens with zero attached hydrogens (tertiary/aromatic N) is 2. The van der Waals surface area contributed by atoms with Crippen LogP contribution in [0.25, 0.3) is 6.08 Å². The van der Waals surface area contributed by atoms with Gasteiger partial charge in [-0.25, -0.2) is 0 Å². The van der Waals surface area contributed by atoms with Crippen molar-refractivity contribution in [3.63, 3.8) is 0 Å². The van der Waals surface area contributed by atoms with Crippen molar-refractivity contribution in [2.45, 2.75) is 26.8 Å². The SMILES string of the molecule is CCN(CC(=O)NCCN1C(=O)S/C(=C\c2ccccc2Cl)C1=O)CC(=O)NC(C)C. The summed E-state index contributed by atoms with van der Waals surface area (Å²) in [5.41, 5.74) is 0.657. The first-order chi connectivity index (χ1) is 14.7. The van der Waals surface area contributed by atoms with Crippen LogP contribution in [0.3, 0.4) is 0 Å². The Hall–Kier alpha value is -2.36. The van der Waals surface area contributed by atoms with Crippen molar-refractivity contribution in [1.82, 2.24) is 20.4 Å². The highest BCUT2D eigenvalue weighted by molar-refractivity contribution is 8.18. The average molecular weight is 467 g/mol. The fourth-order valence-electron chi connectivity index (χ4n) is 2.84. The molecule has 4 amide bonds. The fourth-order valence-corrected chi connectivity index (χ4v) is 3.89. The van der Waals surface area contributed by atoms with E-state index in [0.29, 0.717) is 17.1 Å². The van der Waals surface area contributed by atoms with Gasteiger partial charge >= 0.3 is 0 Å². The van der Waals surface area contributed by atoms with Gasteiger partial charge in [0.15, 0.2) is 0 Å². The van der Waals surface area contributed by atoms with Gasteiger partial charge in [0.05, 0.1) is 18.0 Å². The summed E-state index contributed by atoms with van der Waals surface area (Å²) in [5, 5.41) is 5.58. The standard InChI is InChI=1S/C21H27ClN4O4S/c1-4-25(13-19(28)24-14(2)3)12-18(27)23-9-10-26-20(29)17(31-21(26)30)11-15-7-5-6-8-16(15)22/h5-8,11,14H,4,9-10,12-13H2,1-3H3,(H,23,27)(H,24,28)/b17-11-. The number of carbonyl (C=O) groups excluding carboxylic acids is 4.